The van der Waals surface area contributed by atoms with Crippen LogP contribution in [-0.2, 0) is 4.79 Å². The lowest BCUT2D eigenvalue weighted by Gasteiger charge is -2.06. The smallest absolute Gasteiger partial charge is 0.229 e. The number of nitrogens with one attached hydrogen (secondary N) is 1. The molecule has 4 nitrogen and oxygen atoms in total. The molecule has 2 aliphatic rings. The Bertz CT molecular complexity index is 724. The van der Waals surface area contributed by atoms with Crippen molar-refractivity contribution in [3.05, 3.63) is 53.5 Å². The summed E-state index contributed by atoms with van der Waals surface area (Å²) in [5.41, 5.74) is 3.60. The van der Waals surface area contributed by atoms with Gasteiger partial charge in [-0.05, 0) is 49.1 Å². The van der Waals surface area contributed by atoms with Gasteiger partial charge in [0, 0.05) is 17.7 Å². The highest BCUT2D eigenvalue weighted by Crippen LogP contribution is 2.49. The fourth-order valence-electron chi connectivity index (χ4n) is 3.06. The van der Waals surface area contributed by atoms with Crippen molar-refractivity contribution in [1.82, 2.24) is 9.97 Å². The molecule has 2 aromatic rings. The Labute approximate surface area is 130 Å². The van der Waals surface area contributed by atoms with Crippen molar-refractivity contribution < 1.29 is 4.79 Å². The molecule has 1 heterocycles. The molecule has 2 fully saturated rings. The normalized spacial score (nSPS) is 23.1. The first-order valence-electron chi connectivity index (χ1n) is 7.90. The number of carbonyl (C=O) groups excluding carboxylic acids is 1. The van der Waals surface area contributed by atoms with E-state index in [4.69, 9.17) is 0 Å². The second-order valence-electron chi connectivity index (χ2n) is 6.43. The van der Waals surface area contributed by atoms with E-state index < -0.39 is 0 Å². The van der Waals surface area contributed by atoms with Crippen LogP contribution in [0, 0.1) is 12.8 Å². The Morgan fingerprint density at radius 2 is 2.00 bits per heavy atom. The molecule has 1 aromatic heterocycles. The molecule has 0 bridgehead atoms. The monoisotopic (exact) mass is 293 g/mol. The molecule has 0 radical (unpaired) electrons. The predicted molar refractivity (Wildman–Crippen MR) is 84.7 cm³/mol. The molecule has 2 saturated carbocycles. The van der Waals surface area contributed by atoms with Crippen molar-refractivity contribution in [2.45, 2.75) is 38.0 Å². The van der Waals surface area contributed by atoms with Gasteiger partial charge in [0.2, 0.25) is 5.91 Å². The average molecular weight is 293 g/mol. The highest BCUT2D eigenvalue weighted by molar-refractivity contribution is 5.94. The summed E-state index contributed by atoms with van der Waals surface area (Å²) in [6.45, 7) is 1.89. The predicted octanol–water partition coefficient (Wildman–Crippen LogP) is 3.40. The van der Waals surface area contributed by atoms with Gasteiger partial charge in [-0.2, -0.15) is 0 Å². The summed E-state index contributed by atoms with van der Waals surface area (Å²) in [7, 11) is 0. The Kier molecular flexibility index (Phi) is 3.17. The average Bonchev–Trinajstić information content (AvgIpc) is 3.39. The van der Waals surface area contributed by atoms with E-state index in [2.05, 4.69) is 39.6 Å². The van der Waals surface area contributed by atoms with Gasteiger partial charge in [0.25, 0.3) is 0 Å². The van der Waals surface area contributed by atoms with Gasteiger partial charge in [0.15, 0.2) is 0 Å². The summed E-state index contributed by atoms with van der Waals surface area (Å²) in [6, 6.07) is 10.6. The number of amides is 1. The van der Waals surface area contributed by atoms with E-state index in [0.29, 0.717) is 11.7 Å². The van der Waals surface area contributed by atoms with Gasteiger partial charge >= 0.3 is 0 Å². The number of benzene rings is 1. The molecule has 0 saturated heterocycles. The van der Waals surface area contributed by atoms with Crippen LogP contribution in [0.25, 0.3) is 0 Å². The van der Waals surface area contributed by atoms with E-state index in [1.165, 1.54) is 30.3 Å². The van der Waals surface area contributed by atoms with Gasteiger partial charge in [-0.25, -0.2) is 9.97 Å². The van der Waals surface area contributed by atoms with Crippen molar-refractivity contribution in [3.8, 4) is 0 Å². The zero-order chi connectivity index (χ0) is 15.1. The molecule has 1 unspecified atom stereocenters. The molecular weight excluding hydrogens is 274 g/mol. The van der Waals surface area contributed by atoms with Crippen molar-refractivity contribution in [1.29, 1.82) is 0 Å². The number of anilines is 1. The molecule has 0 spiro atoms. The molecule has 0 aliphatic heterocycles. The standard InChI is InChI=1S/C18H19N3O/c1-11-7-17(20-10-19-11)21-18(22)16-9-15(16)14-4-2-3-13(8-14)12-5-6-12/h2-4,7-8,10,12,15-16H,5-6,9H2,1H3,(H,19,20,21,22)/t15-,16?/m1/s1. The summed E-state index contributed by atoms with van der Waals surface area (Å²) >= 11 is 0. The first-order valence-corrected chi connectivity index (χ1v) is 7.90. The van der Waals surface area contributed by atoms with Crippen LogP contribution in [0.5, 0.6) is 0 Å². The van der Waals surface area contributed by atoms with Crippen molar-refractivity contribution in [2.24, 2.45) is 5.92 Å². The van der Waals surface area contributed by atoms with Crippen molar-refractivity contribution in [2.75, 3.05) is 5.32 Å². The van der Waals surface area contributed by atoms with Crippen LogP contribution in [0.2, 0.25) is 0 Å². The van der Waals surface area contributed by atoms with Crippen LogP contribution in [0.3, 0.4) is 0 Å². The Hall–Kier alpha value is -2.23. The first kappa shape index (κ1) is 13.4. The van der Waals surface area contributed by atoms with Crippen molar-refractivity contribution >= 4 is 11.7 Å². The maximum absolute atomic E-state index is 12.3. The number of carbonyl (C=O) groups is 1. The minimum atomic E-state index is 0.0694. The van der Waals surface area contributed by atoms with Crippen LogP contribution in [-0.4, -0.2) is 15.9 Å². The molecule has 1 N–H and O–H groups in total. The third-order valence-electron chi connectivity index (χ3n) is 4.57. The number of hydrogen-bond acceptors (Lipinski definition) is 3. The minimum absolute atomic E-state index is 0.0694. The molecule has 112 valence electrons. The van der Waals surface area contributed by atoms with Gasteiger partial charge in [-0.1, -0.05) is 24.3 Å². The SMILES string of the molecule is Cc1cc(NC(=O)C2C[C@@H]2c2cccc(C3CC3)c2)ncn1. The fraction of sp³-hybridized carbons (Fsp3) is 0.389. The van der Waals surface area contributed by atoms with Gasteiger partial charge in [0.05, 0.1) is 0 Å². The molecule has 1 amide bonds. The zero-order valence-electron chi connectivity index (χ0n) is 12.6. The molecule has 4 rings (SSSR count). The fourth-order valence-corrected chi connectivity index (χ4v) is 3.06. The largest absolute Gasteiger partial charge is 0.310 e. The van der Waals surface area contributed by atoms with E-state index in [1.807, 2.05) is 6.92 Å². The van der Waals surface area contributed by atoms with Gasteiger partial charge in [-0.3, -0.25) is 4.79 Å². The van der Waals surface area contributed by atoms with Gasteiger partial charge in [-0.15, -0.1) is 0 Å². The summed E-state index contributed by atoms with van der Waals surface area (Å²) in [5.74, 6) is 1.86. The second kappa shape index (κ2) is 5.20. The maximum atomic E-state index is 12.3. The zero-order valence-corrected chi connectivity index (χ0v) is 12.6. The molecule has 4 heteroatoms. The van der Waals surface area contributed by atoms with E-state index >= 15 is 0 Å². The van der Waals surface area contributed by atoms with E-state index in [0.717, 1.165) is 18.0 Å². The lowest BCUT2D eigenvalue weighted by molar-refractivity contribution is -0.117. The first-order chi connectivity index (χ1) is 10.7. The minimum Gasteiger partial charge on any atom is -0.310 e. The Balaban J connectivity index is 1.43. The molecule has 2 aliphatic carbocycles. The number of nitrogens with zero attached hydrogens (tertiary/aromatic N) is 2. The van der Waals surface area contributed by atoms with Crippen LogP contribution in [0.1, 0.15) is 47.9 Å². The molecule has 1 aromatic carbocycles. The summed E-state index contributed by atoms with van der Waals surface area (Å²) < 4.78 is 0. The third-order valence-corrected chi connectivity index (χ3v) is 4.57. The molecular formula is C18H19N3O. The number of aromatic nitrogens is 2. The van der Waals surface area contributed by atoms with Gasteiger partial charge < -0.3 is 5.32 Å². The van der Waals surface area contributed by atoms with Crippen LogP contribution in [0.4, 0.5) is 5.82 Å². The molecule has 22 heavy (non-hydrogen) atoms. The van der Waals surface area contributed by atoms with E-state index in [9.17, 15) is 4.79 Å². The van der Waals surface area contributed by atoms with E-state index in [1.54, 1.807) is 6.07 Å². The summed E-state index contributed by atoms with van der Waals surface area (Å²) in [6.07, 6.45) is 5.04. The highest BCUT2D eigenvalue weighted by Gasteiger charge is 2.44. The second-order valence-corrected chi connectivity index (χ2v) is 6.43. The number of rotatable bonds is 4. The topological polar surface area (TPSA) is 54.9 Å². The third kappa shape index (κ3) is 2.73. The number of hydrogen-bond donors (Lipinski definition) is 1. The summed E-state index contributed by atoms with van der Waals surface area (Å²) in [5, 5.41) is 2.90. The Morgan fingerprint density at radius 3 is 2.77 bits per heavy atom. The maximum Gasteiger partial charge on any atom is 0.229 e. The van der Waals surface area contributed by atoms with Crippen molar-refractivity contribution in [3.63, 3.8) is 0 Å². The van der Waals surface area contributed by atoms with E-state index in [-0.39, 0.29) is 11.8 Å². The molecule has 2 atom stereocenters. The Morgan fingerprint density at radius 1 is 1.18 bits per heavy atom. The highest BCUT2D eigenvalue weighted by atomic mass is 16.2. The van der Waals surface area contributed by atoms with Crippen LogP contribution in [0.15, 0.2) is 36.7 Å². The lowest BCUT2D eigenvalue weighted by Crippen LogP contribution is -2.15. The summed E-state index contributed by atoms with van der Waals surface area (Å²) in [4.78, 5) is 20.5. The lowest BCUT2D eigenvalue weighted by atomic mass is 10.0. The van der Waals surface area contributed by atoms with Crippen LogP contribution >= 0.6 is 0 Å². The van der Waals surface area contributed by atoms with Gasteiger partial charge in [0.1, 0.15) is 12.1 Å². The van der Waals surface area contributed by atoms with Crippen LogP contribution < -0.4 is 5.32 Å². The quantitative estimate of drug-likeness (QED) is 0.940. The number of aryl methyl sites for hydroxylation is 1.